The van der Waals surface area contributed by atoms with Gasteiger partial charge in [0.25, 0.3) is 0 Å². The number of hydrazine groups is 1. The van der Waals surface area contributed by atoms with Gasteiger partial charge in [-0.15, -0.1) is 0 Å². The van der Waals surface area contributed by atoms with Crippen LogP contribution in [0.3, 0.4) is 0 Å². The molecule has 7 nitrogen and oxygen atoms in total. The van der Waals surface area contributed by atoms with Gasteiger partial charge < -0.3 is 5.32 Å². The summed E-state index contributed by atoms with van der Waals surface area (Å²) in [5.41, 5.74) is 7.43. The molecule has 1 heterocycles. The van der Waals surface area contributed by atoms with E-state index in [1.807, 2.05) is 66.7 Å². The van der Waals surface area contributed by atoms with Crippen molar-refractivity contribution in [3.63, 3.8) is 0 Å². The predicted octanol–water partition coefficient (Wildman–Crippen LogP) is 2.97. The third-order valence-corrected chi connectivity index (χ3v) is 5.26. The summed E-state index contributed by atoms with van der Waals surface area (Å²) >= 11 is 0. The summed E-state index contributed by atoms with van der Waals surface area (Å²) in [7, 11) is 0. The molecule has 30 heavy (non-hydrogen) atoms. The standard InChI is InChI=1S/C23H23N5O2/c29-22(24-14-16-8-2-1-3-9-16)17-10-4-5-11-18(17)23(30)28-27-21-19-12-6-7-13-20(19)25-15-26-21/h1-9,12-13,15,17-18H,10-11,14H2,(H,24,29)(H,28,30)(H,25,26,27)/t17-,18+/m1/s1. The van der Waals surface area contributed by atoms with Crippen LogP contribution in [-0.2, 0) is 16.1 Å². The molecule has 4 rings (SSSR count). The Morgan fingerprint density at radius 3 is 2.37 bits per heavy atom. The number of nitrogens with zero attached hydrogens (tertiary/aromatic N) is 2. The Kier molecular flexibility index (Phi) is 5.98. The van der Waals surface area contributed by atoms with Crippen LogP contribution in [0, 0.1) is 11.8 Å². The molecule has 1 aliphatic carbocycles. The van der Waals surface area contributed by atoms with Gasteiger partial charge in [0.2, 0.25) is 11.8 Å². The Morgan fingerprint density at radius 2 is 1.57 bits per heavy atom. The number of anilines is 1. The Labute approximate surface area is 174 Å². The van der Waals surface area contributed by atoms with E-state index in [-0.39, 0.29) is 11.8 Å². The SMILES string of the molecule is O=C(NNc1ncnc2ccccc12)[C@H]1CC=CC[C@H]1C(=O)NCc1ccccc1. The van der Waals surface area contributed by atoms with Crippen LogP contribution in [0.4, 0.5) is 5.82 Å². The number of carbonyl (C=O) groups excluding carboxylic acids is 2. The van der Waals surface area contributed by atoms with Gasteiger partial charge in [-0.05, 0) is 30.5 Å². The van der Waals surface area contributed by atoms with E-state index in [9.17, 15) is 9.59 Å². The lowest BCUT2D eigenvalue weighted by atomic mass is 9.82. The fourth-order valence-corrected chi connectivity index (χ4v) is 3.63. The molecular formula is C23H23N5O2. The molecule has 0 saturated heterocycles. The van der Waals surface area contributed by atoms with Gasteiger partial charge in [-0.3, -0.25) is 20.4 Å². The number of benzene rings is 2. The average Bonchev–Trinajstić information content (AvgIpc) is 2.81. The molecule has 0 saturated carbocycles. The van der Waals surface area contributed by atoms with Crippen molar-refractivity contribution < 1.29 is 9.59 Å². The minimum Gasteiger partial charge on any atom is -0.352 e. The number of aromatic nitrogens is 2. The van der Waals surface area contributed by atoms with Crippen LogP contribution in [0.15, 0.2) is 73.1 Å². The van der Waals surface area contributed by atoms with E-state index in [2.05, 4.69) is 26.1 Å². The maximum absolute atomic E-state index is 12.9. The molecule has 0 spiro atoms. The van der Waals surface area contributed by atoms with Crippen LogP contribution in [0.1, 0.15) is 18.4 Å². The minimum absolute atomic E-state index is 0.115. The first-order valence-corrected chi connectivity index (χ1v) is 9.94. The first-order valence-electron chi connectivity index (χ1n) is 9.94. The Balaban J connectivity index is 1.40. The quantitative estimate of drug-likeness (QED) is 0.436. The van der Waals surface area contributed by atoms with Gasteiger partial charge in [0.15, 0.2) is 5.82 Å². The first kappa shape index (κ1) is 19.6. The molecular weight excluding hydrogens is 378 g/mol. The van der Waals surface area contributed by atoms with Crippen molar-refractivity contribution in [3.05, 3.63) is 78.6 Å². The van der Waals surface area contributed by atoms with E-state index in [1.54, 1.807) is 0 Å². The van der Waals surface area contributed by atoms with Gasteiger partial charge in [-0.2, -0.15) is 0 Å². The number of carbonyl (C=O) groups is 2. The molecule has 1 aliphatic rings. The largest absolute Gasteiger partial charge is 0.352 e. The third kappa shape index (κ3) is 4.46. The zero-order valence-corrected chi connectivity index (χ0v) is 16.4. The first-order chi connectivity index (χ1) is 14.7. The van der Waals surface area contributed by atoms with Gasteiger partial charge in [-0.25, -0.2) is 9.97 Å². The lowest BCUT2D eigenvalue weighted by molar-refractivity contribution is -0.134. The van der Waals surface area contributed by atoms with Gasteiger partial charge in [0.05, 0.1) is 17.4 Å². The normalized spacial score (nSPS) is 18.0. The number of hydrogen-bond acceptors (Lipinski definition) is 5. The van der Waals surface area contributed by atoms with Gasteiger partial charge in [0, 0.05) is 11.9 Å². The van der Waals surface area contributed by atoms with E-state index in [4.69, 9.17) is 0 Å². The Hall–Kier alpha value is -3.74. The molecule has 0 bridgehead atoms. The van der Waals surface area contributed by atoms with Crippen molar-refractivity contribution in [1.82, 2.24) is 20.7 Å². The summed E-state index contributed by atoms with van der Waals surface area (Å²) in [5, 5.41) is 3.76. The van der Waals surface area contributed by atoms with Crippen molar-refractivity contribution in [2.45, 2.75) is 19.4 Å². The molecule has 2 atom stereocenters. The van der Waals surface area contributed by atoms with Crippen molar-refractivity contribution in [3.8, 4) is 0 Å². The van der Waals surface area contributed by atoms with Crippen molar-refractivity contribution in [2.24, 2.45) is 11.8 Å². The number of hydrogen-bond donors (Lipinski definition) is 3. The van der Waals surface area contributed by atoms with Crippen LogP contribution < -0.4 is 16.2 Å². The molecule has 0 unspecified atom stereocenters. The van der Waals surface area contributed by atoms with E-state index < -0.39 is 11.8 Å². The summed E-state index contributed by atoms with van der Waals surface area (Å²) in [6, 6.07) is 17.3. The highest BCUT2D eigenvalue weighted by atomic mass is 16.2. The average molecular weight is 401 g/mol. The van der Waals surface area contributed by atoms with Crippen LogP contribution in [0.5, 0.6) is 0 Å². The summed E-state index contributed by atoms with van der Waals surface area (Å²) in [6.45, 7) is 0.444. The number of nitrogens with one attached hydrogen (secondary N) is 3. The van der Waals surface area contributed by atoms with E-state index in [0.29, 0.717) is 25.2 Å². The summed E-state index contributed by atoms with van der Waals surface area (Å²) in [5.74, 6) is -0.697. The number of allylic oxidation sites excluding steroid dienone is 2. The predicted molar refractivity (Wildman–Crippen MR) is 115 cm³/mol. The third-order valence-electron chi connectivity index (χ3n) is 5.26. The number of fused-ring (bicyclic) bond motifs is 1. The summed E-state index contributed by atoms with van der Waals surface area (Å²) in [6.07, 6.45) is 6.41. The molecule has 0 aliphatic heterocycles. The van der Waals surface area contributed by atoms with Gasteiger partial charge in [-0.1, -0.05) is 54.6 Å². The van der Waals surface area contributed by atoms with E-state index >= 15 is 0 Å². The molecule has 7 heteroatoms. The topological polar surface area (TPSA) is 96.0 Å². The van der Waals surface area contributed by atoms with Gasteiger partial charge in [0.1, 0.15) is 6.33 Å². The summed E-state index contributed by atoms with van der Waals surface area (Å²) in [4.78, 5) is 34.1. The van der Waals surface area contributed by atoms with Crippen LogP contribution in [-0.4, -0.2) is 21.8 Å². The Morgan fingerprint density at radius 1 is 0.867 bits per heavy atom. The van der Waals surface area contributed by atoms with Crippen molar-refractivity contribution >= 4 is 28.5 Å². The molecule has 1 aromatic heterocycles. The van der Waals surface area contributed by atoms with Gasteiger partial charge >= 0.3 is 0 Å². The molecule has 3 N–H and O–H groups in total. The second-order valence-electron chi connectivity index (χ2n) is 7.21. The van der Waals surface area contributed by atoms with Crippen LogP contribution >= 0.6 is 0 Å². The van der Waals surface area contributed by atoms with Crippen molar-refractivity contribution in [2.75, 3.05) is 5.43 Å². The highest BCUT2D eigenvalue weighted by Gasteiger charge is 2.34. The maximum Gasteiger partial charge on any atom is 0.242 e. The number of rotatable bonds is 6. The molecule has 3 aromatic rings. The fourth-order valence-electron chi connectivity index (χ4n) is 3.63. The van der Waals surface area contributed by atoms with E-state index in [1.165, 1.54) is 6.33 Å². The molecule has 2 aromatic carbocycles. The number of amides is 2. The number of para-hydroxylation sites is 1. The molecule has 0 radical (unpaired) electrons. The molecule has 2 amide bonds. The van der Waals surface area contributed by atoms with Crippen molar-refractivity contribution in [1.29, 1.82) is 0 Å². The highest BCUT2D eigenvalue weighted by molar-refractivity contribution is 5.91. The second-order valence-corrected chi connectivity index (χ2v) is 7.21. The Bertz CT molecular complexity index is 1060. The zero-order chi connectivity index (χ0) is 20.8. The lowest BCUT2D eigenvalue weighted by Gasteiger charge is -2.27. The molecule has 0 fully saturated rings. The van der Waals surface area contributed by atoms with E-state index in [0.717, 1.165) is 16.5 Å². The van der Waals surface area contributed by atoms with Crippen LogP contribution in [0.25, 0.3) is 10.9 Å². The zero-order valence-electron chi connectivity index (χ0n) is 16.4. The fraction of sp³-hybridized carbons (Fsp3) is 0.217. The highest BCUT2D eigenvalue weighted by Crippen LogP contribution is 2.26. The monoisotopic (exact) mass is 401 g/mol. The second kappa shape index (κ2) is 9.17. The maximum atomic E-state index is 12.9. The minimum atomic E-state index is -0.452. The lowest BCUT2D eigenvalue weighted by Crippen LogP contribution is -2.44. The molecule has 152 valence electrons. The summed E-state index contributed by atoms with van der Waals surface area (Å²) < 4.78 is 0. The van der Waals surface area contributed by atoms with Crippen LogP contribution in [0.2, 0.25) is 0 Å². The smallest absolute Gasteiger partial charge is 0.242 e.